The molecule has 0 atom stereocenters. The summed E-state index contributed by atoms with van der Waals surface area (Å²) in [7, 11) is -0.555. The van der Waals surface area contributed by atoms with Crippen molar-refractivity contribution in [2.45, 2.75) is 96.1 Å². The minimum atomic E-state index is -2.18. The Morgan fingerprint density at radius 2 is 1.47 bits per heavy atom. The Hall–Kier alpha value is -3.42. The number of methoxy groups -OCH3 is 1. The average Bonchev–Trinajstić information content (AvgIpc) is 3.53. The second-order valence-corrected chi connectivity index (χ2v) is 18.7. The van der Waals surface area contributed by atoms with Gasteiger partial charge in [-0.2, -0.15) is 0 Å². The maximum Gasteiger partial charge on any atom is 0.266 e. The van der Waals surface area contributed by atoms with E-state index in [1.165, 1.54) is 4.90 Å². The van der Waals surface area contributed by atoms with Crippen LogP contribution in [0.5, 0.6) is 11.5 Å². The van der Waals surface area contributed by atoms with Crippen molar-refractivity contribution >= 4 is 25.8 Å². The largest absolute Gasteiger partial charge is 0.543 e. The Balaban J connectivity index is 1.55. The molecule has 0 N–H and O–H groups in total. The lowest BCUT2D eigenvalue weighted by Crippen LogP contribution is -2.50. The molecule has 6 rings (SSSR count). The number of rotatable bonds is 8. The Morgan fingerprint density at radius 3 is 2.07 bits per heavy atom. The van der Waals surface area contributed by atoms with Gasteiger partial charge in [0.15, 0.2) is 0 Å². The number of para-hydroxylation sites is 1. The van der Waals surface area contributed by atoms with E-state index in [-0.39, 0.29) is 18.4 Å². The molecule has 0 bridgehead atoms. The molecular weight excluding hydrogens is 554 g/mol. The van der Waals surface area contributed by atoms with Crippen LogP contribution in [0.3, 0.4) is 0 Å². The van der Waals surface area contributed by atoms with Crippen molar-refractivity contribution in [1.82, 2.24) is 0 Å². The Morgan fingerprint density at radius 1 is 0.837 bits per heavy atom. The van der Waals surface area contributed by atoms with Crippen LogP contribution in [-0.2, 0) is 16.9 Å². The molecule has 2 heterocycles. The Kier molecular flexibility index (Phi) is 7.54. The molecule has 2 aliphatic heterocycles. The third-order valence-corrected chi connectivity index (χ3v) is 16.0. The van der Waals surface area contributed by atoms with Gasteiger partial charge in [-0.25, -0.2) is 4.90 Å². The molecule has 43 heavy (non-hydrogen) atoms. The van der Waals surface area contributed by atoms with Gasteiger partial charge in [-0.05, 0) is 83.8 Å². The lowest BCUT2D eigenvalue weighted by molar-refractivity contribution is 0.0687. The molecule has 1 saturated carbocycles. The molecule has 1 aliphatic carbocycles. The zero-order chi connectivity index (χ0) is 30.7. The molecule has 1 spiro atoms. The van der Waals surface area contributed by atoms with Crippen LogP contribution in [0.1, 0.15) is 99.1 Å². The molecule has 3 aromatic carbocycles. The first kappa shape index (κ1) is 29.6. The first-order valence-electron chi connectivity index (χ1n) is 15.7. The zero-order valence-electron chi connectivity index (χ0n) is 26.5. The molecule has 0 radical (unpaired) electrons. The smallest absolute Gasteiger partial charge is 0.266 e. The van der Waals surface area contributed by atoms with Gasteiger partial charge in [0.1, 0.15) is 17.1 Å². The van der Waals surface area contributed by atoms with Crippen molar-refractivity contribution in [3.63, 3.8) is 0 Å². The highest BCUT2D eigenvalue weighted by molar-refractivity contribution is 6.78. The van der Waals surface area contributed by atoms with E-state index < -0.39 is 13.9 Å². The van der Waals surface area contributed by atoms with E-state index in [2.05, 4.69) is 65.8 Å². The zero-order valence-corrected chi connectivity index (χ0v) is 27.5. The molecule has 0 aromatic heterocycles. The number of ether oxygens (including phenoxy) is 2. The van der Waals surface area contributed by atoms with Crippen LogP contribution in [0.25, 0.3) is 11.1 Å². The summed E-state index contributed by atoms with van der Waals surface area (Å²) >= 11 is 0. The first-order chi connectivity index (χ1) is 20.6. The molecule has 3 aromatic rings. The van der Waals surface area contributed by atoms with E-state index in [1.807, 2.05) is 18.2 Å². The maximum absolute atomic E-state index is 14.3. The van der Waals surface area contributed by atoms with Crippen molar-refractivity contribution in [3.8, 4) is 22.6 Å². The van der Waals surface area contributed by atoms with Crippen LogP contribution in [-0.4, -0.2) is 27.2 Å². The highest BCUT2D eigenvalue weighted by Crippen LogP contribution is 2.56. The number of fused-ring (bicyclic) bond motifs is 6. The maximum atomic E-state index is 14.3. The predicted octanol–water partition coefficient (Wildman–Crippen LogP) is 9.02. The third-order valence-electron chi connectivity index (χ3n) is 9.97. The van der Waals surface area contributed by atoms with Crippen LogP contribution in [0.15, 0.2) is 54.6 Å². The number of hydrogen-bond donors (Lipinski definition) is 0. The number of nitrogens with zero attached hydrogens (tertiary/aromatic N) is 1. The molecule has 0 saturated heterocycles. The molecule has 1 fully saturated rings. The van der Waals surface area contributed by atoms with Gasteiger partial charge in [-0.15, -0.1) is 0 Å². The minimum absolute atomic E-state index is 0.229. The molecule has 0 unspecified atom stereocenters. The summed E-state index contributed by atoms with van der Waals surface area (Å²) in [6, 6.07) is 17.4. The highest BCUT2D eigenvalue weighted by atomic mass is 28.4. The van der Waals surface area contributed by atoms with Gasteiger partial charge in [0, 0.05) is 24.3 Å². The van der Waals surface area contributed by atoms with E-state index in [4.69, 9.17) is 13.9 Å². The van der Waals surface area contributed by atoms with E-state index in [1.54, 1.807) is 19.2 Å². The van der Waals surface area contributed by atoms with Gasteiger partial charge in [-0.1, -0.05) is 59.7 Å². The third kappa shape index (κ3) is 4.46. The van der Waals surface area contributed by atoms with E-state index in [0.29, 0.717) is 33.4 Å². The van der Waals surface area contributed by atoms with Gasteiger partial charge < -0.3 is 13.9 Å². The highest BCUT2D eigenvalue weighted by Gasteiger charge is 2.52. The summed E-state index contributed by atoms with van der Waals surface area (Å²) in [5.41, 5.74) is 5.59. The van der Waals surface area contributed by atoms with E-state index in [9.17, 15) is 9.59 Å². The average molecular weight is 598 g/mol. The number of imide groups is 1. The number of amides is 2. The van der Waals surface area contributed by atoms with Crippen molar-refractivity contribution in [2.24, 2.45) is 0 Å². The number of hydrogen-bond acceptors (Lipinski definition) is 5. The SMILES string of the molecule is COCc1cc2c(c3c1C(=O)N(c1ccccc1)C3=O)C1(CCCC1)Oc1cc(O[Si](C(C)C)(C(C)C)C(C)C)ccc1-2. The van der Waals surface area contributed by atoms with Gasteiger partial charge in [0.2, 0.25) is 0 Å². The van der Waals surface area contributed by atoms with Crippen LogP contribution < -0.4 is 14.1 Å². The monoisotopic (exact) mass is 597 g/mol. The Labute approximate surface area is 256 Å². The van der Waals surface area contributed by atoms with Crippen molar-refractivity contribution in [1.29, 1.82) is 0 Å². The van der Waals surface area contributed by atoms with Crippen molar-refractivity contribution in [3.05, 3.63) is 76.9 Å². The van der Waals surface area contributed by atoms with E-state index in [0.717, 1.165) is 59.4 Å². The van der Waals surface area contributed by atoms with Crippen LogP contribution >= 0.6 is 0 Å². The minimum Gasteiger partial charge on any atom is -0.543 e. The van der Waals surface area contributed by atoms with Crippen LogP contribution in [0.2, 0.25) is 16.6 Å². The molecule has 6 nitrogen and oxygen atoms in total. The molecule has 7 heteroatoms. The van der Waals surface area contributed by atoms with Crippen LogP contribution in [0, 0.1) is 0 Å². The fraction of sp³-hybridized carbons (Fsp3) is 0.444. The molecular formula is C36H43NO5Si. The first-order valence-corrected chi connectivity index (χ1v) is 17.8. The molecule has 2 amide bonds. The Bertz CT molecular complexity index is 1550. The van der Waals surface area contributed by atoms with Gasteiger partial charge >= 0.3 is 0 Å². The van der Waals surface area contributed by atoms with Gasteiger partial charge in [-0.3, -0.25) is 9.59 Å². The second kappa shape index (κ2) is 10.9. The summed E-state index contributed by atoms with van der Waals surface area (Å²) in [5, 5.41) is 0. The summed E-state index contributed by atoms with van der Waals surface area (Å²) in [4.78, 5) is 29.6. The van der Waals surface area contributed by atoms with E-state index >= 15 is 0 Å². The topological polar surface area (TPSA) is 65.1 Å². The normalized spacial score (nSPS) is 17.1. The fourth-order valence-electron chi connectivity index (χ4n) is 8.27. The molecule has 226 valence electrons. The lowest BCUT2D eigenvalue weighted by Gasteiger charge is -2.43. The fourth-order valence-corrected chi connectivity index (χ4v) is 13.5. The van der Waals surface area contributed by atoms with Gasteiger partial charge in [0.25, 0.3) is 20.1 Å². The predicted molar refractivity (Wildman–Crippen MR) is 173 cm³/mol. The molecule has 3 aliphatic rings. The number of anilines is 1. The quantitative estimate of drug-likeness (QED) is 0.191. The standard InChI is InChI=1S/C36H43NO5Si/c1-22(2)43(23(3)4,24(5)6)42-27-15-16-28-29-19-25(21-40-7)31-32(33(29)36(17-11-12-18-36)41-30(28)20-27)35(39)37(34(31)38)26-13-9-8-10-14-26/h8-10,13-16,19-20,22-24H,11-12,17-18,21H2,1-7H3. The number of benzene rings is 3. The van der Waals surface area contributed by atoms with Crippen molar-refractivity contribution in [2.75, 3.05) is 12.0 Å². The number of carbonyl (C=O) groups excluding carboxylic acids is 2. The number of carbonyl (C=O) groups is 2. The van der Waals surface area contributed by atoms with Gasteiger partial charge in [0.05, 0.1) is 23.4 Å². The summed E-state index contributed by atoms with van der Waals surface area (Å²) < 4.78 is 19.7. The summed E-state index contributed by atoms with van der Waals surface area (Å²) in [6.45, 7) is 14.0. The summed E-state index contributed by atoms with van der Waals surface area (Å²) in [5.74, 6) is 1.03. The van der Waals surface area contributed by atoms with Crippen molar-refractivity contribution < 1.29 is 23.5 Å². The summed E-state index contributed by atoms with van der Waals surface area (Å²) in [6.07, 6.45) is 3.56. The second-order valence-electron chi connectivity index (χ2n) is 13.3. The lowest BCUT2D eigenvalue weighted by atomic mass is 9.77. The van der Waals surface area contributed by atoms with Crippen LogP contribution in [0.4, 0.5) is 5.69 Å².